The maximum atomic E-state index is 12.8. The fourth-order valence-corrected chi connectivity index (χ4v) is 4.56. The number of hydrogen-bond donors (Lipinski definition) is 1. The van der Waals surface area contributed by atoms with Crippen molar-refractivity contribution in [2.45, 2.75) is 39.1 Å². The summed E-state index contributed by atoms with van der Waals surface area (Å²) < 4.78 is 25.5. The van der Waals surface area contributed by atoms with E-state index in [1.165, 1.54) is 17.4 Å². The molecule has 0 fully saturated rings. The van der Waals surface area contributed by atoms with Crippen molar-refractivity contribution < 1.29 is 13.2 Å². The molecule has 144 valence electrons. The highest BCUT2D eigenvalue weighted by Gasteiger charge is 2.18. The van der Waals surface area contributed by atoms with E-state index in [-0.39, 0.29) is 10.8 Å². The molecule has 0 aliphatic carbocycles. The van der Waals surface area contributed by atoms with Crippen LogP contribution in [0.1, 0.15) is 34.8 Å². The fourth-order valence-electron chi connectivity index (χ4n) is 2.84. The zero-order chi connectivity index (χ0) is 19.9. The summed E-state index contributed by atoms with van der Waals surface area (Å²) in [6, 6.07) is 6.59. The molecule has 1 N–H and O–H groups in total. The predicted octanol–water partition coefficient (Wildman–Crippen LogP) is 4.03. The number of aromatic nitrogens is 2. The molecule has 8 heteroatoms. The molecule has 0 saturated carbocycles. The minimum Gasteiger partial charge on any atom is -0.321 e. The van der Waals surface area contributed by atoms with Crippen LogP contribution in [0.25, 0.3) is 10.2 Å². The lowest BCUT2D eigenvalue weighted by atomic mass is 10.2. The normalized spacial score (nSPS) is 12.1. The number of aryl methyl sites for hydroxylation is 2. The first-order valence-corrected chi connectivity index (χ1v) is 11.4. The summed E-state index contributed by atoms with van der Waals surface area (Å²) in [6.07, 6.45) is 1.15. The average molecular weight is 406 g/mol. The Morgan fingerprint density at radius 2 is 1.96 bits per heavy atom. The van der Waals surface area contributed by atoms with Crippen molar-refractivity contribution >= 4 is 43.0 Å². The van der Waals surface area contributed by atoms with Gasteiger partial charge in [-0.25, -0.2) is 8.42 Å². The quantitative estimate of drug-likeness (QED) is 0.695. The van der Waals surface area contributed by atoms with Gasteiger partial charge in [0.15, 0.2) is 9.84 Å². The lowest BCUT2D eigenvalue weighted by Gasteiger charge is -2.09. The average Bonchev–Trinajstić information content (AvgIpc) is 3.10. The maximum absolute atomic E-state index is 12.8. The first-order valence-electron chi connectivity index (χ1n) is 8.65. The second kappa shape index (κ2) is 7.09. The Kier molecular flexibility index (Phi) is 5.14. The third-order valence-electron chi connectivity index (χ3n) is 4.25. The van der Waals surface area contributed by atoms with Gasteiger partial charge < -0.3 is 5.32 Å². The van der Waals surface area contributed by atoms with Gasteiger partial charge in [-0.15, -0.1) is 11.3 Å². The number of benzene rings is 1. The van der Waals surface area contributed by atoms with Crippen molar-refractivity contribution in [3.05, 3.63) is 40.4 Å². The number of fused-ring (bicyclic) bond motifs is 1. The number of rotatable bonds is 5. The van der Waals surface area contributed by atoms with Crippen LogP contribution in [0.5, 0.6) is 0 Å². The van der Waals surface area contributed by atoms with Gasteiger partial charge in [0, 0.05) is 23.9 Å². The van der Waals surface area contributed by atoms with Gasteiger partial charge in [-0.2, -0.15) is 5.10 Å². The van der Waals surface area contributed by atoms with E-state index in [2.05, 4.69) is 24.3 Å². The standard InChI is InChI=1S/C19H23N3O3S2/c1-11(2)10-22-19-15(13(4)21-22)9-17(26-19)18(23)20-16-8-14(27(5,24)25)7-6-12(16)3/h6-9,11H,10H2,1-5H3,(H,20,23). The molecule has 3 aromatic rings. The Bertz CT molecular complexity index is 1120. The summed E-state index contributed by atoms with van der Waals surface area (Å²) in [6.45, 7) is 8.81. The van der Waals surface area contributed by atoms with E-state index in [1.807, 2.05) is 24.6 Å². The number of amides is 1. The number of carbonyl (C=O) groups is 1. The van der Waals surface area contributed by atoms with Crippen LogP contribution >= 0.6 is 11.3 Å². The van der Waals surface area contributed by atoms with Crippen LogP contribution in [0, 0.1) is 19.8 Å². The van der Waals surface area contributed by atoms with E-state index in [0.717, 1.165) is 34.3 Å². The summed E-state index contributed by atoms with van der Waals surface area (Å²) in [5.41, 5.74) is 2.20. The number of sulfone groups is 1. The number of thiophene rings is 1. The van der Waals surface area contributed by atoms with Crippen LogP contribution in [0.4, 0.5) is 5.69 Å². The lowest BCUT2D eigenvalue weighted by Crippen LogP contribution is -2.12. The van der Waals surface area contributed by atoms with E-state index >= 15 is 0 Å². The molecule has 3 rings (SSSR count). The summed E-state index contributed by atoms with van der Waals surface area (Å²) in [4.78, 5) is 14.5. The Balaban J connectivity index is 1.93. The Labute approximate surface area is 163 Å². The van der Waals surface area contributed by atoms with Gasteiger partial charge in [-0.3, -0.25) is 9.48 Å². The molecule has 0 radical (unpaired) electrons. The van der Waals surface area contributed by atoms with Crippen molar-refractivity contribution in [1.29, 1.82) is 0 Å². The minimum absolute atomic E-state index is 0.183. The molecule has 1 aromatic carbocycles. The molecule has 0 unspecified atom stereocenters. The topological polar surface area (TPSA) is 81.1 Å². The highest BCUT2D eigenvalue weighted by Crippen LogP contribution is 2.30. The molecule has 0 aliphatic heterocycles. The van der Waals surface area contributed by atoms with Crippen molar-refractivity contribution in [2.24, 2.45) is 5.92 Å². The zero-order valence-electron chi connectivity index (χ0n) is 16.0. The summed E-state index contributed by atoms with van der Waals surface area (Å²) in [7, 11) is -3.34. The van der Waals surface area contributed by atoms with Gasteiger partial charge in [-0.1, -0.05) is 19.9 Å². The number of nitrogens with zero attached hydrogens (tertiary/aromatic N) is 2. The predicted molar refractivity (Wildman–Crippen MR) is 109 cm³/mol. The van der Waals surface area contributed by atoms with Crippen LogP contribution in [-0.2, 0) is 16.4 Å². The van der Waals surface area contributed by atoms with Crippen molar-refractivity contribution in [3.63, 3.8) is 0 Å². The molecule has 0 atom stereocenters. The molecule has 2 heterocycles. The Morgan fingerprint density at radius 1 is 1.26 bits per heavy atom. The zero-order valence-corrected chi connectivity index (χ0v) is 17.7. The maximum Gasteiger partial charge on any atom is 0.265 e. The second-order valence-electron chi connectivity index (χ2n) is 7.19. The molecule has 0 bridgehead atoms. The monoisotopic (exact) mass is 405 g/mol. The molecule has 6 nitrogen and oxygen atoms in total. The van der Waals surface area contributed by atoms with Crippen LogP contribution in [-0.4, -0.2) is 30.4 Å². The van der Waals surface area contributed by atoms with Gasteiger partial charge in [-0.05, 0) is 43.5 Å². The van der Waals surface area contributed by atoms with Crippen molar-refractivity contribution in [1.82, 2.24) is 9.78 Å². The summed E-state index contributed by atoms with van der Waals surface area (Å²) in [5.74, 6) is 0.203. The molecule has 0 aliphatic rings. The molecular formula is C19H23N3O3S2. The number of hydrogen-bond acceptors (Lipinski definition) is 5. The van der Waals surface area contributed by atoms with Crippen LogP contribution in [0.3, 0.4) is 0 Å². The molecule has 2 aromatic heterocycles. The smallest absolute Gasteiger partial charge is 0.265 e. The fraction of sp³-hybridized carbons (Fsp3) is 0.368. The SMILES string of the molecule is Cc1ccc(S(C)(=O)=O)cc1NC(=O)c1cc2c(C)nn(CC(C)C)c2s1. The highest BCUT2D eigenvalue weighted by molar-refractivity contribution is 7.90. The van der Waals surface area contributed by atoms with Crippen molar-refractivity contribution in [2.75, 3.05) is 11.6 Å². The van der Waals surface area contributed by atoms with Crippen LogP contribution in [0.2, 0.25) is 0 Å². The number of nitrogens with one attached hydrogen (secondary N) is 1. The lowest BCUT2D eigenvalue weighted by molar-refractivity contribution is 0.103. The minimum atomic E-state index is -3.34. The largest absolute Gasteiger partial charge is 0.321 e. The van der Waals surface area contributed by atoms with Crippen molar-refractivity contribution in [3.8, 4) is 0 Å². The molecular weight excluding hydrogens is 382 g/mol. The van der Waals surface area contributed by atoms with Gasteiger partial charge >= 0.3 is 0 Å². The van der Waals surface area contributed by atoms with Gasteiger partial charge in [0.1, 0.15) is 4.83 Å². The van der Waals surface area contributed by atoms with E-state index in [9.17, 15) is 13.2 Å². The molecule has 0 spiro atoms. The first kappa shape index (κ1) is 19.6. The third kappa shape index (κ3) is 4.06. The van der Waals surface area contributed by atoms with Crippen LogP contribution in [0.15, 0.2) is 29.2 Å². The van der Waals surface area contributed by atoms with E-state index in [0.29, 0.717) is 16.5 Å². The molecule has 27 heavy (non-hydrogen) atoms. The van der Waals surface area contributed by atoms with Gasteiger partial charge in [0.2, 0.25) is 0 Å². The first-order chi connectivity index (χ1) is 12.6. The Hall–Kier alpha value is -2.19. The number of carbonyl (C=O) groups excluding carboxylic acids is 1. The Morgan fingerprint density at radius 3 is 2.59 bits per heavy atom. The second-order valence-corrected chi connectivity index (χ2v) is 10.2. The number of anilines is 1. The summed E-state index contributed by atoms with van der Waals surface area (Å²) in [5, 5.41) is 8.38. The third-order valence-corrected chi connectivity index (χ3v) is 6.51. The van der Waals surface area contributed by atoms with E-state index in [1.54, 1.807) is 12.1 Å². The highest BCUT2D eigenvalue weighted by atomic mass is 32.2. The van der Waals surface area contributed by atoms with Crippen LogP contribution < -0.4 is 5.32 Å². The van der Waals surface area contributed by atoms with Gasteiger partial charge in [0.25, 0.3) is 5.91 Å². The molecule has 0 saturated heterocycles. The molecule has 1 amide bonds. The van der Waals surface area contributed by atoms with E-state index in [4.69, 9.17) is 0 Å². The van der Waals surface area contributed by atoms with E-state index < -0.39 is 9.84 Å². The van der Waals surface area contributed by atoms with Gasteiger partial charge in [0.05, 0.1) is 15.5 Å². The summed E-state index contributed by atoms with van der Waals surface area (Å²) >= 11 is 1.40.